The Morgan fingerprint density at radius 2 is 2.05 bits per heavy atom. The van der Waals surface area contributed by atoms with E-state index in [9.17, 15) is 9.59 Å². The number of carboxylic acid groups (broad SMARTS) is 1. The molecule has 0 saturated carbocycles. The van der Waals surface area contributed by atoms with Crippen molar-refractivity contribution >= 4 is 11.9 Å². The molecule has 1 saturated heterocycles. The average Bonchev–Trinajstić information content (AvgIpc) is 2.79. The second-order valence-electron chi connectivity index (χ2n) is 6.25. The molecule has 2 N–H and O–H groups in total. The molecule has 0 aromatic carbocycles. The topological polar surface area (TPSA) is 78.9 Å². The summed E-state index contributed by atoms with van der Waals surface area (Å²) in [6.07, 6.45) is 2.22. The van der Waals surface area contributed by atoms with Gasteiger partial charge in [0, 0.05) is 32.8 Å². The maximum Gasteiger partial charge on any atom is 0.304 e. The van der Waals surface area contributed by atoms with Gasteiger partial charge in [-0.2, -0.15) is 0 Å². The van der Waals surface area contributed by atoms with Crippen molar-refractivity contribution in [1.29, 1.82) is 0 Å². The lowest BCUT2D eigenvalue weighted by atomic mass is 9.97. The van der Waals surface area contributed by atoms with Crippen molar-refractivity contribution < 1.29 is 19.4 Å². The standard InChI is InChI=1S/C15H28N2O4/c1-5-6-11-9-17(8-7-13(18)19)10-12(11)16-14(20)15(2,3)21-4/h11-12H,5-10H2,1-4H3,(H,16,20)(H,18,19)/t11-,12-/m0/s1. The van der Waals surface area contributed by atoms with E-state index < -0.39 is 11.6 Å². The smallest absolute Gasteiger partial charge is 0.304 e. The van der Waals surface area contributed by atoms with Crippen molar-refractivity contribution in [3.63, 3.8) is 0 Å². The molecule has 1 aliphatic heterocycles. The molecule has 1 rings (SSSR count). The molecular weight excluding hydrogens is 272 g/mol. The van der Waals surface area contributed by atoms with E-state index in [1.807, 2.05) is 0 Å². The van der Waals surface area contributed by atoms with Crippen molar-refractivity contribution in [3.8, 4) is 0 Å². The van der Waals surface area contributed by atoms with E-state index in [1.165, 1.54) is 7.11 Å². The number of hydrogen-bond donors (Lipinski definition) is 2. The van der Waals surface area contributed by atoms with Crippen molar-refractivity contribution in [2.75, 3.05) is 26.7 Å². The normalized spacial score (nSPS) is 23.2. The molecular formula is C15H28N2O4. The lowest BCUT2D eigenvalue weighted by Crippen LogP contribution is -2.50. The molecule has 6 nitrogen and oxygen atoms in total. The van der Waals surface area contributed by atoms with E-state index in [0.29, 0.717) is 19.0 Å². The summed E-state index contributed by atoms with van der Waals surface area (Å²) in [4.78, 5) is 25.0. The number of carbonyl (C=O) groups is 2. The van der Waals surface area contributed by atoms with Crippen LogP contribution in [0.3, 0.4) is 0 Å². The van der Waals surface area contributed by atoms with Gasteiger partial charge in [-0.1, -0.05) is 13.3 Å². The van der Waals surface area contributed by atoms with Gasteiger partial charge in [0.25, 0.3) is 5.91 Å². The molecule has 0 aromatic rings. The predicted molar refractivity (Wildman–Crippen MR) is 80.1 cm³/mol. The van der Waals surface area contributed by atoms with Crippen LogP contribution in [-0.4, -0.2) is 60.3 Å². The quantitative estimate of drug-likeness (QED) is 0.702. The van der Waals surface area contributed by atoms with Crippen LogP contribution < -0.4 is 5.32 Å². The SMILES string of the molecule is CCC[C@H]1CN(CCC(=O)O)C[C@@H]1NC(=O)C(C)(C)OC. The second-order valence-corrected chi connectivity index (χ2v) is 6.25. The fourth-order valence-corrected chi connectivity index (χ4v) is 2.66. The Morgan fingerprint density at radius 3 is 2.57 bits per heavy atom. The summed E-state index contributed by atoms with van der Waals surface area (Å²) in [5.41, 5.74) is -0.842. The summed E-state index contributed by atoms with van der Waals surface area (Å²) < 4.78 is 5.21. The number of nitrogens with one attached hydrogen (secondary N) is 1. The third-order valence-electron chi connectivity index (χ3n) is 4.19. The maximum atomic E-state index is 12.2. The summed E-state index contributed by atoms with van der Waals surface area (Å²) >= 11 is 0. The van der Waals surface area contributed by atoms with Crippen LogP contribution in [0, 0.1) is 5.92 Å². The monoisotopic (exact) mass is 300 g/mol. The molecule has 0 unspecified atom stereocenters. The first kappa shape index (κ1) is 17.9. The first-order valence-corrected chi connectivity index (χ1v) is 7.60. The van der Waals surface area contributed by atoms with Gasteiger partial charge in [-0.25, -0.2) is 0 Å². The van der Waals surface area contributed by atoms with Crippen molar-refractivity contribution in [3.05, 3.63) is 0 Å². The lowest BCUT2D eigenvalue weighted by molar-refractivity contribution is -0.140. The molecule has 1 fully saturated rings. The van der Waals surface area contributed by atoms with Crippen LogP contribution in [0.4, 0.5) is 0 Å². The number of carboxylic acids is 1. The molecule has 2 atom stereocenters. The van der Waals surface area contributed by atoms with E-state index in [-0.39, 0.29) is 18.4 Å². The van der Waals surface area contributed by atoms with Gasteiger partial charge in [0.1, 0.15) is 5.60 Å². The summed E-state index contributed by atoms with van der Waals surface area (Å²) in [5, 5.41) is 11.8. The zero-order chi connectivity index (χ0) is 16.0. The molecule has 0 spiro atoms. The van der Waals surface area contributed by atoms with Crippen molar-refractivity contribution in [1.82, 2.24) is 10.2 Å². The molecule has 1 aliphatic rings. The molecule has 1 amide bonds. The number of rotatable bonds is 8. The Bertz CT molecular complexity index is 371. The number of hydrogen-bond acceptors (Lipinski definition) is 4. The van der Waals surface area contributed by atoms with Gasteiger partial charge in [-0.3, -0.25) is 9.59 Å². The van der Waals surface area contributed by atoms with E-state index in [0.717, 1.165) is 19.4 Å². The zero-order valence-corrected chi connectivity index (χ0v) is 13.5. The first-order chi connectivity index (χ1) is 9.80. The van der Waals surface area contributed by atoms with Gasteiger partial charge in [0.15, 0.2) is 0 Å². The Kier molecular flexibility index (Phi) is 6.61. The number of ether oxygens (including phenoxy) is 1. The number of nitrogens with zero attached hydrogens (tertiary/aromatic N) is 1. The van der Waals surface area contributed by atoms with Gasteiger partial charge in [-0.05, 0) is 26.2 Å². The number of aliphatic carboxylic acids is 1. The average molecular weight is 300 g/mol. The Hall–Kier alpha value is -1.14. The molecule has 0 radical (unpaired) electrons. The molecule has 0 aliphatic carbocycles. The van der Waals surface area contributed by atoms with Gasteiger partial charge >= 0.3 is 5.97 Å². The van der Waals surface area contributed by atoms with E-state index in [1.54, 1.807) is 13.8 Å². The molecule has 21 heavy (non-hydrogen) atoms. The fraction of sp³-hybridized carbons (Fsp3) is 0.867. The molecule has 6 heteroatoms. The van der Waals surface area contributed by atoms with Crippen molar-refractivity contribution in [2.45, 2.75) is 51.7 Å². The van der Waals surface area contributed by atoms with Gasteiger partial charge in [0.2, 0.25) is 0 Å². The third-order valence-corrected chi connectivity index (χ3v) is 4.19. The highest BCUT2D eigenvalue weighted by Crippen LogP contribution is 2.23. The van der Waals surface area contributed by atoms with Crippen LogP contribution in [0.1, 0.15) is 40.0 Å². The van der Waals surface area contributed by atoms with Crippen molar-refractivity contribution in [2.24, 2.45) is 5.92 Å². The maximum absolute atomic E-state index is 12.2. The number of methoxy groups -OCH3 is 1. The number of likely N-dealkylation sites (tertiary alicyclic amines) is 1. The highest BCUT2D eigenvalue weighted by atomic mass is 16.5. The fourth-order valence-electron chi connectivity index (χ4n) is 2.66. The third kappa shape index (κ3) is 5.28. The summed E-state index contributed by atoms with van der Waals surface area (Å²) in [6.45, 7) is 7.71. The van der Waals surface area contributed by atoms with Crippen LogP contribution in [0.25, 0.3) is 0 Å². The number of amides is 1. The van der Waals surface area contributed by atoms with E-state index in [2.05, 4.69) is 17.1 Å². The second kappa shape index (κ2) is 7.75. The van der Waals surface area contributed by atoms with E-state index in [4.69, 9.17) is 9.84 Å². The summed E-state index contributed by atoms with van der Waals surface area (Å²) in [6, 6.07) is 0.0701. The molecule has 0 bridgehead atoms. The Labute approximate surface area is 126 Å². The molecule has 122 valence electrons. The van der Waals surface area contributed by atoms with Crippen LogP contribution in [0.15, 0.2) is 0 Å². The van der Waals surface area contributed by atoms with Crippen LogP contribution in [-0.2, 0) is 14.3 Å². The van der Waals surface area contributed by atoms with Gasteiger partial charge in [-0.15, -0.1) is 0 Å². The van der Waals surface area contributed by atoms with Crippen LogP contribution in [0.2, 0.25) is 0 Å². The minimum Gasteiger partial charge on any atom is -0.481 e. The summed E-state index contributed by atoms with van der Waals surface area (Å²) in [7, 11) is 1.52. The van der Waals surface area contributed by atoms with Gasteiger partial charge in [0.05, 0.1) is 6.42 Å². The van der Waals surface area contributed by atoms with Crippen LogP contribution in [0.5, 0.6) is 0 Å². The number of carbonyl (C=O) groups excluding carboxylic acids is 1. The molecule has 0 aromatic heterocycles. The Balaban J connectivity index is 2.61. The highest BCUT2D eigenvalue weighted by Gasteiger charge is 2.36. The minimum absolute atomic E-state index is 0.0701. The predicted octanol–water partition coefficient (Wildman–Crippen LogP) is 1.10. The minimum atomic E-state index is -0.842. The van der Waals surface area contributed by atoms with E-state index >= 15 is 0 Å². The molecule has 1 heterocycles. The van der Waals surface area contributed by atoms with Crippen LogP contribution >= 0.6 is 0 Å². The summed E-state index contributed by atoms with van der Waals surface area (Å²) in [5.74, 6) is -0.522. The first-order valence-electron chi connectivity index (χ1n) is 7.60. The lowest BCUT2D eigenvalue weighted by Gasteiger charge is -2.26. The largest absolute Gasteiger partial charge is 0.481 e. The zero-order valence-electron chi connectivity index (χ0n) is 13.5. The van der Waals surface area contributed by atoms with Gasteiger partial charge < -0.3 is 20.1 Å². The highest BCUT2D eigenvalue weighted by molar-refractivity contribution is 5.84. The Morgan fingerprint density at radius 1 is 1.38 bits per heavy atom.